The highest BCUT2D eigenvalue weighted by Gasteiger charge is 2.41. The van der Waals surface area contributed by atoms with Crippen molar-refractivity contribution < 1.29 is 62.4 Å². The lowest BCUT2D eigenvalue weighted by Gasteiger charge is -2.29. The lowest BCUT2D eigenvalue weighted by Crippen LogP contribution is -2.52. The van der Waals surface area contributed by atoms with E-state index in [2.05, 4.69) is 10.6 Å². The van der Waals surface area contributed by atoms with Crippen molar-refractivity contribution in [1.82, 2.24) is 20.4 Å². The number of nitrogens with zero attached hydrogens (tertiary/aromatic N) is 2. The number of hydrogen-bond donors (Lipinski definition) is 5. The van der Waals surface area contributed by atoms with E-state index in [4.69, 9.17) is 35.5 Å². The largest absolute Gasteiger partial charge is 0.481 e. The summed E-state index contributed by atoms with van der Waals surface area (Å²) >= 11 is 0. The quantitative estimate of drug-likeness (QED) is 0.0703. The molecule has 0 bridgehead atoms. The molecule has 4 aliphatic rings. The maximum atomic E-state index is 12.8. The second-order valence-corrected chi connectivity index (χ2v) is 14.5. The van der Waals surface area contributed by atoms with Crippen LogP contribution < -0.4 is 22.1 Å². The van der Waals surface area contributed by atoms with E-state index in [9.17, 15) is 38.4 Å². The lowest BCUT2D eigenvalue weighted by molar-refractivity contribution is -0.139. The van der Waals surface area contributed by atoms with Gasteiger partial charge < -0.3 is 45.3 Å². The monoisotopic (exact) mass is 852 g/mol. The van der Waals surface area contributed by atoms with Crippen LogP contribution in [0, 0.1) is 0 Å². The van der Waals surface area contributed by atoms with Gasteiger partial charge in [-0.2, -0.15) is 0 Å². The van der Waals surface area contributed by atoms with Gasteiger partial charge in [0.05, 0.1) is 52.7 Å². The number of piperidine rings is 2. The third-order valence-electron chi connectivity index (χ3n) is 10.0. The molecule has 2 saturated heterocycles. The first kappa shape index (κ1) is 48.1. The molecule has 6 rings (SSSR count). The molecule has 19 heteroatoms. The molecule has 0 radical (unpaired) electrons. The number of nitrogen functional groups attached to an aromatic ring is 1. The zero-order valence-electron chi connectivity index (χ0n) is 34.4. The van der Waals surface area contributed by atoms with Gasteiger partial charge in [-0.15, -0.1) is 0 Å². The highest BCUT2D eigenvalue weighted by Crippen LogP contribution is 2.32. The van der Waals surface area contributed by atoms with Crippen LogP contribution in [-0.2, 0) is 67.2 Å². The number of aliphatic carboxylic acids is 1. The highest BCUT2D eigenvalue weighted by atomic mass is 16.5. The fraction of sp³-hybridized carbons (Fsp3) is 0.524. The molecule has 19 nitrogen and oxygen atoms in total. The number of carbonyl (C=O) groups excluding carboxylic acids is 7. The summed E-state index contributed by atoms with van der Waals surface area (Å²) in [6.45, 7) is 6.75. The SMILES string of the molecule is CCCOCCOCCC(=O)O.NCCOCCOCCC(=O)Cc1cccc2c1CN(C1CCC(=O)NC1=O)C2=O.Nc1cccc2c1CN(C1CCC(=O)NC1=O)C2=O. The van der Waals surface area contributed by atoms with E-state index >= 15 is 0 Å². The van der Waals surface area contributed by atoms with Crippen LogP contribution in [-0.4, -0.2) is 134 Å². The van der Waals surface area contributed by atoms with Crippen LogP contribution in [0.4, 0.5) is 5.69 Å². The average molecular weight is 853 g/mol. The summed E-state index contributed by atoms with van der Waals surface area (Å²) in [6.07, 6.45) is 2.67. The number of amides is 6. The molecule has 2 aromatic rings. The first-order valence-corrected chi connectivity index (χ1v) is 20.4. The van der Waals surface area contributed by atoms with Crippen LogP contribution in [0.3, 0.4) is 0 Å². The molecule has 61 heavy (non-hydrogen) atoms. The fourth-order valence-corrected chi connectivity index (χ4v) is 6.94. The first-order valence-electron chi connectivity index (χ1n) is 20.4. The summed E-state index contributed by atoms with van der Waals surface area (Å²) in [5.74, 6) is -2.72. The third kappa shape index (κ3) is 14.2. The Hall–Kier alpha value is -5.60. The Morgan fingerprint density at radius 1 is 0.689 bits per heavy atom. The molecule has 2 atom stereocenters. The molecular formula is C42H56N6O13. The van der Waals surface area contributed by atoms with Crippen molar-refractivity contribution in [3.8, 4) is 0 Å². The van der Waals surface area contributed by atoms with Crippen LogP contribution in [0.1, 0.15) is 89.3 Å². The molecule has 4 heterocycles. The molecule has 332 valence electrons. The number of fused-ring (bicyclic) bond motifs is 2. The van der Waals surface area contributed by atoms with E-state index in [1.165, 1.54) is 9.80 Å². The molecular weight excluding hydrogens is 796 g/mol. The Morgan fingerprint density at radius 3 is 1.69 bits per heavy atom. The van der Waals surface area contributed by atoms with Gasteiger partial charge >= 0.3 is 5.97 Å². The van der Waals surface area contributed by atoms with Gasteiger partial charge in [0.1, 0.15) is 17.9 Å². The van der Waals surface area contributed by atoms with E-state index < -0.39 is 29.9 Å². The minimum Gasteiger partial charge on any atom is -0.481 e. The summed E-state index contributed by atoms with van der Waals surface area (Å²) in [6, 6.07) is 9.21. The van der Waals surface area contributed by atoms with Crippen molar-refractivity contribution in [3.05, 3.63) is 64.2 Å². The van der Waals surface area contributed by atoms with Crippen molar-refractivity contribution in [3.63, 3.8) is 0 Å². The maximum Gasteiger partial charge on any atom is 0.305 e. The number of rotatable bonds is 20. The number of ketones is 1. The van der Waals surface area contributed by atoms with E-state index in [-0.39, 0.29) is 74.7 Å². The minimum absolute atomic E-state index is 0.0122. The number of benzene rings is 2. The van der Waals surface area contributed by atoms with Gasteiger partial charge in [-0.25, -0.2) is 0 Å². The topological polar surface area (TPSA) is 276 Å². The van der Waals surface area contributed by atoms with Gasteiger partial charge in [-0.05, 0) is 48.6 Å². The Bertz CT molecular complexity index is 1910. The Kier molecular flexibility index (Phi) is 19.4. The summed E-state index contributed by atoms with van der Waals surface area (Å²) in [7, 11) is 0. The van der Waals surface area contributed by atoms with Gasteiger partial charge in [0.25, 0.3) is 11.8 Å². The second kappa shape index (κ2) is 24.6. The number of nitrogens with two attached hydrogens (primary N) is 2. The van der Waals surface area contributed by atoms with Crippen molar-refractivity contribution >= 4 is 52.9 Å². The number of carbonyl (C=O) groups is 8. The van der Waals surface area contributed by atoms with Crippen LogP contribution in [0.15, 0.2) is 36.4 Å². The Morgan fingerprint density at radius 2 is 1.18 bits per heavy atom. The van der Waals surface area contributed by atoms with E-state index in [0.717, 1.165) is 29.7 Å². The Balaban J connectivity index is 0.000000225. The summed E-state index contributed by atoms with van der Waals surface area (Å²) < 4.78 is 20.7. The fourth-order valence-electron chi connectivity index (χ4n) is 6.94. The molecule has 0 saturated carbocycles. The normalized spacial score (nSPS) is 18.1. The number of carboxylic acid groups (broad SMARTS) is 1. The van der Waals surface area contributed by atoms with Gasteiger partial charge in [0.2, 0.25) is 23.6 Å². The van der Waals surface area contributed by atoms with Crippen LogP contribution in [0.2, 0.25) is 0 Å². The number of ether oxygens (including phenoxy) is 4. The lowest BCUT2D eigenvalue weighted by atomic mass is 9.98. The minimum atomic E-state index is -0.829. The average Bonchev–Trinajstić information content (AvgIpc) is 3.74. The van der Waals surface area contributed by atoms with Crippen molar-refractivity contribution in [2.45, 2.75) is 83.5 Å². The summed E-state index contributed by atoms with van der Waals surface area (Å²) in [5, 5.41) is 12.8. The standard InChI is InChI=1S/C21H27N3O6.C13H13N3O3.C8H16O4/c22-7-9-30-11-10-29-8-6-15(25)12-14-2-1-3-16-17(14)13-24(21(16)28)18-4-5-19(26)23-20(18)27;14-9-3-1-2-7-8(9)6-16(13(7)19)10-4-5-11(17)15-12(10)18;1-2-4-11-6-7-12-5-3-8(9)10/h1-3,18H,4-13,22H2,(H,23,26,27);1-3,10H,4-6,14H2,(H,15,17,18);2-7H2,1H3,(H,9,10). The third-order valence-corrected chi connectivity index (χ3v) is 10.0. The van der Waals surface area contributed by atoms with Crippen molar-refractivity contribution in [1.29, 1.82) is 0 Å². The zero-order valence-corrected chi connectivity index (χ0v) is 34.4. The Labute approximate surface area is 353 Å². The molecule has 2 fully saturated rings. The highest BCUT2D eigenvalue weighted by molar-refractivity contribution is 6.07. The molecule has 7 N–H and O–H groups in total. The van der Waals surface area contributed by atoms with Crippen LogP contribution in [0.25, 0.3) is 0 Å². The number of imide groups is 2. The number of Topliss-reactive ketones (excluding diaryl/α,β-unsaturated/α-hetero) is 1. The molecule has 0 aliphatic carbocycles. The smallest absolute Gasteiger partial charge is 0.305 e. The molecule has 2 unspecified atom stereocenters. The first-order chi connectivity index (χ1) is 29.4. The maximum absolute atomic E-state index is 12.8. The van der Waals surface area contributed by atoms with Crippen LogP contribution >= 0.6 is 0 Å². The number of hydrogen-bond acceptors (Lipinski definition) is 14. The predicted octanol–water partition coefficient (Wildman–Crippen LogP) is 0.875. The summed E-state index contributed by atoms with van der Waals surface area (Å²) in [4.78, 5) is 97.0. The van der Waals surface area contributed by atoms with Crippen molar-refractivity contribution in [2.75, 3.05) is 65.1 Å². The molecule has 4 aliphatic heterocycles. The number of anilines is 1. The van der Waals surface area contributed by atoms with E-state index in [1.807, 2.05) is 13.0 Å². The number of nitrogens with one attached hydrogen (secondary N) is 2. The zero-order chi connectivity index (χ0) is 44.3. The van der Waals surface area contributed by atoms with Gasteiger partial charge in [-0.3, -0.25) is 49.0 Å². The molecule has 0 spiro atoms. The van der Waals surface area contributed by atoms with Gasteiger partial charge in [0, 0.05) is 74.3 Å². The van der Waals surface area contributed by atoms with Gasteiger partial charge in [0.15, 0.2) is 0 Å². The van der Waals surface area contributed by atoms with Gasteiger partial charge in [-0.1, -0.05) is 25.1 Å². The van der Waals surface area contributed by atoms with Crippen molar-refractivity contribution in [2.24, 2.45) is 5.73 Å². The predicted molar refractivity (Wildman–Crippen MR) is 218 cm³/mol. The number of carboxylic acids is 1. The molecule has 2 aromatic carbocycles. The second-order valence-electron chi connectivity index (χ2n) is 14.5. The summed E-state index contributed by atoms with van der Waals surface area (Å²) in [5.41, 5.74) is 15.1. The van der Waals surface area contributed by atoms with E-state index in [1.54, 1.807) is 30.3 Å². The molecule has 6 amide bonds. The van der Waals surface area contributed by atoms with E-state index in [0.29, 0.717) is 82.4 Å². The molecule has 0 aromatic heterocycles. The van der Waals surface area contributed by atoms with Crippen LogP contribution in [0.5, 0.6) is 0 Å².